The molecular formula is C11H22N2O2. The maximum absolute atomic E-state index is 11.2. The standard InChI is InChI=1S/C11H22N2O2/c1-2-10(12)11(14)13-6-3-7-15-8-9-4-5-9/h9-10H,2-8,12H2,1H3,(H,13,14)/t10-/m1/s1. The molecule has 1 amide bonds. The van der Waals surface area contributed by atoms with Crippen LogP contribution in [0.1, 0.15) is 32.6 Å². The molecule has 1 atom stereocenters. The van der Waals surface area contributed by atoms with E-state index in [4.69, 9.17) is 10.5 Å². The lowest BCUT2D eigenvalue weighted by Crippen LogP contribution is -2.40. The molecule has 0 bridgehead atoms. The summed E-state index contributed by atoms with van der Waals surface area (Å²) in [6.45, 7) is 4.20. The Morgan fingerprint density at radius 3 is 2.93 bits per heavy atom. The Labute approximate surface area is 91.5 Å². The first-order valence-corrected chi connectivity index (χ1v) is 5.85. The van der Waals surface area contributed by atoms with Gasteiger partial charge < -0.3 is 15.8 Å². The largest absolute Gasteiger partial charge is 0.381 e. The molecule has 1 aliphatic carbocycles. The van der Waals surface area contributed by atoms with Crippen molar-refractivity contribution in [3.8, 4) is 0 Å². The van der Waals surface area contributed by atoms with Crippen molar-refractivity contribution in [1.82, 2.24) is 5.32 Å². The molecule has 4 nitrogen and oxygen atoms in total. The molecule has 0 heterocycles. The summed E-state index contributed by atoms with van der Waals surface area (Å²) in [5.41, 5.74) is 5.56. The number of nitrogens with one attached hydrogen (secondary N) is 1. The maximum atomic E-state index is 11.2. The average molecular weight is 214 g/mol. The normalized spacial score (nSPS) is 17.5. The van der Waals surface area contributed by atoms with Gasteiger partial charge in [0.1, 0.15) is 0 Å². The summed E-state index contributed by atoms with van der Waals surface area (Å²) in [5.74, 6) is 0.757. The van der Waals surface area contributed by atoms with Gasteiger partial charge in [-0.15, -0.1) is 0 Å². The summed E-state index contributed by atoms with van der Waals surface area (Å²) in [6.07, 6.45) is 4.20. The molecule has 1 saturated carbocycles. The van der Waals surface area contributed by atoms with Gasteiger partial charge in [-0.05, 0) is 31.6 Å². The second-order valence-electron chi connectivity index (χ2n) is 4.18. The van der Waals surface area contributed by atoms with E-state index in [0.717, 1.165) is 25.6 Å². The summed E-state index contributed by atoms with van der Waals surface area (Å²) >= 11 is 0. The topological polar surface area (TPSA) is 64.4 Å². The van der Waals surface area contributed by atoms with Crippen molar-refractivity contribution in [1.29, 1.82) is 0 Å². The monoisotopic (exact) mass is 214 g/mol. The van der Waals surface area contributed by atoms with Crippen LogP contribution in [-0.2, 0) is 9.53 Å². The smallest absolute Gasteiger partial charge is 0.236 e. The van der Waals surface area contributed by atoms with Crippen molar-refractivity contribution in [2.75, 3.05) is 19.8 Å². The van der Waals surface area contributed by atoms with Gasteiger partial charge in [-0.3, -0.25) is 4.79 Å². The fraction of sp³-hybridized carbons (Fsp3) is 0.909. The van der Waals surface area contributed by atoms with Gasteiger partial charge in [-0.1, -0.05) is 6.92 Å². The SMILES string of the molecule is CC[C@@H](N)C(=O)NCCCOCC1CC1. The Morgan fingerprint density at radius 2 is 2.33 bits per heavy atom. The predicted octanol–water partition coefficient (Wildman–Crippen LogP) is 0.657. The number of rotatable bonds is 8. The molecule has 0 aliphatic heterocycles. The number of carbonyl (C=O) groups is 1. The first kappa shape index (κ1) is 12.5. The van der Waals surface area contributed by atoms with Crippen LogP contribution in [0.2, 0.25) is 0 Å². The van der Waals surface area contributed by atoms with Crippen molar-refractivity contribution in [3.63, 3.8) is 0 Å². The molecular weight excluding hydrogens is 192 g/mol. The van der Waals surface area contributed by atoms with Crippen LogP contribution < -0.4 is 11.1 Å². The van der Waals surface area contributed by atoms with Crippen molar-refractivity contribution in [2.45, 2.75) is 38.6 Å². The second-order valence-corrected chi connectivity index (χ2v) is 4.18. The lowest BCUT2D eigenvalue weighted by molar-refractivity contribution is -0.122. The van der Waals surface area contributed by atoms with E-state index < -0.39 is 0 Å². The number of hydrogen-bond donors (Lipinski definition) is 2. The zero-order valence-electron chi connectivity index (χ0n) is 9.50. The molecule has 4 heteroatoms. The molecule has 0 aromatic rings. The number of nitrogens with two attached hydrogens (primary N) is 1. The highest BCUT2D eigenvalue weighted by Crippen LogP contribution is 2.28. The summed E-state index contributed by atoms with van der Waals surface area (Å²) in [7, 11) is 0. The second kappa shape index (κ2) is 6.80. The van der Waals surface area contributed by atoms with Crippen LogP contribution in [0, 0.1) is 5.92 Å². The molecule has 0 spiro atoms. The molecule has 0 saturated heterocycles. The molecule has 1 fully saturated rings. The van der Waals surface area contributed by atoms with Crippen LogP contribution in [-0.4, -0.2) is 31.7 Å². The van der Waals surface area contributed by atoms with Gasteiger partial charge in [-0.2, -0.15) is 0 Å². The van der Waals surface area contributed by atoms with Gasteiger partial charge in [0.25, 0.3) is 0 Å². The molecule has 0 unspecified atom stereocenters. The Hall–Kier alpha value is -0.610. The van der Waals surface area contributed by atoms with Gasteiger partial charge in [-0.25, -0.2) is 0 Å². The third kappa shape index (κ3) is 5.74. The molecule has 0 aromatic carbocycles. The molecule has 0 aromatic heterocycles. The number of hydrogen-bond acceptors (Lipinski definition) is 3. The minimum atomic E-state index is -0.364. The van der Waals surface area contributed by atoms with Gasteiger partial charge in [0.05, 0.1) is 6.04 Å². The highest BCUT2D eigenvalue weighted by molar-refractivity contribution is 5.81. The van der Waals surface area contributed by atoms with Gasteiger partial charge in [0, 0.05) is 19.8 Å². The fourth-order valence-electron chi connectivity index (χ4n) is 1.24. The lowest BCUT2D eigenvalue weighted by Gasteiger charge is -2.09. The number of ether oxygens (including phenoxy) is 1. The van der Waals surface area contributed by atoms with Crippen LogP contribution in [0.3, 0.4) is 0 Å². The van der Waals surface area contributed by atoms with E-state index in [1.165, 1.54) is 12.8 Å². The predicted molar refractivity (Wildman–Crippen MR) is 59.4 cm³/mol. The van der Waals surface area contributed by atoms with E-state index in [1.54, 1.807) is 0 Å². The van der Waals surface area contributed by atoms with Crippen LogP contribution >= 0.6 is 0 Å². The summed E-state index contributed by atoms with van der Waals surface area (Å²) < 4.78 is 5.44. The third-order valence-electron chi connectivity index (χ3n) is 2.59. The minimum Gasteiger partial charge on any atom is -0.381 e. The van der Waals surface area contributed by atoms with Crippen LogP contribution in [0.4, 0.5) is 0 Å². The van der Waals surface area contributed by atoms with Crippen molar-refractivity contribution in [2.24, 2.45) is 11.7 Å². The van der Waals surface area contributed by atoms with Crippen molar-refractivity contribution >= 4 is 5.91 Å². The van der Waals surface area contributed by atoms with E-state index in [-0.39, 0.29) is 11.9 Å². The first-order chi connectivity index (χ1) is 7.24. The highest BCUT2D eigenvalue weighted by Gasteiger charge is 2.20. The Morgan fingerprint density at radius 1 is 1.60 bits per heavy atom. The van der Waals surface area contributed by atoms with Crippen LogP contribution in [0.5, 0.6) is 0 Å². The average Bonchev–Trinajstić information content (AvgIpc) is 3.05. The van der Waals surface area contributed by atoms with E-state index in [1.807, 2.05) is 6.92 Å². The molecule has 0 radical (unpaired) electrons. The molecule has 88 valence electrons. The Balaban J connectivity index is 1.84. The third-order valence-corrected chi connectivity index (χ3v) is 2.59. The minimum absolute atomic E-state index is 0.0558. The first-order valence-electron chi connectivity index (χ1n) is 5.85. The summed E-state index contributed by atoms with van der Waals surface area (Å²) in [6, 6.07) is -0.364. The molecule has 15 heavy (non-hydrogen) atoms. The van der Waals surface area contributed by atoms with Crippen LogP contribution in [0.15, 0.2) is 0 Å². The zero-order valence-corrected chi connectivity index (χ0v) is 9.50. The maximum Gasteiger partial charge on any atom is 0.236 e. The zero-order chi connectivity index (χ0) is 11.1. The van der Waals surface area contributed by atoms with E-state index in [0.29, 0.717) is 13.0 Å². The quantitative estimate of drug-likeness (QED) is 0.583. The number of carbonyl (C=O) groups excluding carboxylic acids is 1. The Bertz CT molecular complexity index is 193. The van der Waals surface area contributed by atoms with Crippen molar-refractivity contribution < 1.29 is 9.53 Å². The van der Waals surface area contributed by atoms with Crippen LogP contribution in [0.25, 0.3) is 0 Å². The fourth-order valence-corrected chi connectivity index (χ4v) is 1.24. The Kier molecular flexibility index (Phi) is 5.65. The molecule has 3 N–H and O–H groups in total. The number of amides is 1. The van der Waals surface area contributed by atoms with Crippen molar-refractivity contribution in [3.05, 3.63) is 0 Å². The van der Waals surface area contributed by atoms with E-state index in [2.05, 4.69) is 5.32 Å². The van der Waals surface area contributed by atoms with Gasteiger partial charge >= 0.3 is 0 Å². The van der Waals surface area contributed by atoms with Gasteiger partial charge in [0.15, 0.2) is 0 Å². The molecule has 1 aliphatic rings. The van der Waals surface area contributed by atoms with E-state index >= 15 is 0 Å². The summed E-state index contributed by atoms with van der Waals surface area (Å²) in [5, 5.41) is 2.79. The lowest BCUT2D eigenvalue weighted by atomic mass is 10.2. The van der Waals surface area contributed by atoms with E-state index in [9.17, 15) is 4.79 Å². The highest BCUT2D eigenvalue weighted by atomic mass is 16.5. The molecule has 1 rings (SSSR count). The van der Waals surface area contributed by atoms with Gasteiger partial charge in [0.2, 0.25) is 5.91 Å². The summed E-state index contributed by atoms with van der Waals surface area (Å²) in [4.78, 5) is 11.2.